The van der Waals surface area contributed by atoms with Gasteiger partial charge in [0.2, 0.25) is 0 Å². The molecule has 0 saturated heterocycles. The van der Waals surface area contributed by atoms with Gasteiger partial charge >= 0.3 is 0 Å². The molecule has 2 heteroatoms. The molecule has 0 bridgehead atoms. The average molecular weight is 409 g/mol. The lowest BCUT2D eigenvalue weighted by atomic mass is 9.79. The minimum Gasteiger partial charge on any atom is -0.205 e. The number of nitrogens with zero attached hydrogens (tertiary/aromatic N) is 2. The number of pyridine rings is 2. The van der Waals surface area contributed by atoms with Gasteiger partial charge in [-0.15, -0.1) is 0 Å². The van der Waals surface area contributed by atoms with Gasteiger partial charge in [-0.05, 0) is 30.4 Å². The van der Waals surface area contributed by atoms with Crippen LogP contribution in [0, 0.1) is 0 Å². The smallest absolute Gasteiger partial charge is 0.173 e. The zero-order valence-corrected chi connectivity index (χ0v) is 20.1. The molecule has 2 nitrogen and oxygen atoms in total. The molecule has 0 spiro atoms. The normalized spacial score (nSPS) is 14.0. The van der Waals surface area contributed by atoms with Gasteiger partial charge in [-0.3, -0.25) is 0 Å². The van der Waals surface area contributed by atoms with E-state index in [9.17, 15) is 0 Å². The highest BCUT2D eigenvalue weighted by atomic mass is 14.9. The molecular formula is C28H44N2+2. The number of unbranched alkanes of at least 4 members (excludes halogenated alkanes) is 8. The van der Waals surface area contributed by atoms with E-state index in [4.69, 9.17) is 0 Å². The highest BCUT2D eigenvalue weighted by molar-refractivity contribution is 5.79. The fraction of sp³-hybridized carbons (Fsp3) is 0.643. The molecule has 0 unspecified atom stereocenters. The molecule has 0 atom stereocenters. The van der Waals surface area contributed by atoms with Crippen molar-refractivity contribution < 1.29 is 9.13 Å². The maximum Gasteiger partial charge on any atom is 0.173 e. The van der Waals surface area contributed by atoms with Crippen LogP contribution >= 0.6 is 0 Å². The van der Waals surface area contributed by atoms with Gasteiger partial charge < -0.3 is 0 Å². The third kappa shape index (κ3) is 5.13. The minimum atomic E-state index is 0.126. The van der Waals surface area contributed by atoms with Crippen LogP contribution in [0.1, 0.15) is 109 Å². The van der Waals surface area contributed by atoms with Crippen molar-refractivity contribution in [3.05, 3.63) is 48.0 Å². The molecule has 164 valence electrons. The van der Waals surface area contributed by atoms with Crippen molar-refractivity contribution in [2.24, 2.45) is 0 Å². The van der Waals surface area contributed by atoms with Gasteiger partial charge in [0.25, 0.3) is 0 Å². The first-order chi connectivity index (χ1) is 14.6. The highest BCUT2D eigenvalue weighted by Gasteiger charge is 2.42. The van der Waals surface area contributed by atoms with Crippen LogP contribution in [0.4, 0.5) is 0 Å². The van der Waals surface area contributed by atoms with Crippen molar-refractivity contribution in [1.29, 1.82) is 0 Å². The summed E-state index contributed by atoms with van der Waals surface area (Å²) < 4.78 is 4.87. The van der Waals surface area contributed by atoms with Crippen molar-refractivity contribution in [1.82, 2.24) is 0 Å². The molecule has 1 aliphatic rings. The topological polar surface area (TPSA) is 7.76 Å². The summed E-state index contributed by atoms with van der Waals surface area (Å²) in [7, 11) is 0. The van der Waals surface area contributed by atoms with Gasteiger partial charge in [0.15, 0.2) is 24.8 Å². The summed E-state index contributed by atoms with van der Waals surface area (Å²) >= 11 is 0. The molecule has 2 aromatic heterocycles. The predicted octanol–water partition coefficient (Wildman–Crippen LogP) is 6.90. The first-order valence-corrected chi connectivity index (χ1v) is 12.7. The Kier molecular flexibility index (Phi) is 8.48. The summed E-state index contributed by atoms with van der Waals surface area (Å²) in [6.07, 6.45) is 24.1. The monoisotopic (exact) mass is 408 g/mol. The van der Waals surface area contributed by atoms with Gasteiger partial charge in [-0.2, -0.15) is 0 Å². The highest BCUT2D eigenvalue weighted by Crippen LogP contribution is 2.49. The molecule has 0 aliphatic heterocycles. The number of hydrogen-bond donors (Lipinski definition) is 0. The summed E-state index contributed by atoms with van der Waals surface area (Å²) in [5.74, 6) is 0. The molecule has 0 aromatic carbocycles. The molecular weight excluding hydrogens is 364 g/mol. The molecule has 3 rings (SSSR count). The summed E-state index contributed by atoms with van der Waals surface area (Å²) in [5, 5.41) is 0. The van der Waals surface area contributed by atoms with Crippen LogP contribution in [0.25, 0.3) is 11.1 Å². The second kappa shape index (κ2) is 11.1. The summed E-state index contributed by atoms with van der Waals surface area (Å²) in [6.45, 7) is 11.7. The van der Waals surface area contributed by atoms with Crippen molar-refractivity contribution in [2.75, 3.05) is 0 Å². The van der Waals surface area contributed by atoms with Crippen molar-refractivity contribution in [3.63, 3.8) is 0 Å². The van der Waals surface area contributed by atoms with Crippen LogP contribution in [-0.4, -0.2) is 0 Å². The molecule has 2 aromatic rings. The second-order valence-electron chi connectivity index (χ2n) is 9.53. The Hall–Kier alpha value is -1.70. The van der Waals surface area contributed by atoms with Gasteiger partial charge in [0.1, 0.15) is 13.1 Å². The Morgan fingerprint density at radius 2 is 1.07 bits per heavy atom. The maximum absolute atomic E-state index is 2.45. The summed E-state index contributed by atoms with van der Waals surface area (Å²) in [5.41, 5.74) is 6.08. The standard InChI is InChI=1S/C28H44N2/c1-5-8-10-12-14-18-29-20-16-24-25-17-21-30(19-15-13-11-9-6-2)23-27(25)28(4,7-3)26(24)22-29/h16-17,20-23H,5-15,18-19H2,1-4H3/q+2. The lowest BCUT2D eigenvalue weighted by molar-refractivity contribution is -0.698. The number of rotatable bonds is 13. The Morgan fingerprint density at radius 1 is 0.633 bits per heavy atom. The van der Waals surface area contributed by atoms with Crippen LogP contribution in [-0.2, 0) is 18.5 Å². The third-order valence-corrected chi connectivity index (χ3v) is 7.26. The quantitative estimate of drug-likeness (QED) is 0.251. The first-order valence-electron chi connectivity index (χ1n) is 12.7. The van der Waals surface area contributed by atoms with E-state index in [0.29, 0.717) is 0 Å². The molecule has 30 heavy (non-hydrogen) atoms. The van der Waals surface area contributed by atoms with Gasteiger partial charge in [0, 0.05) is 41.5 Å². The van der Waals surface area contributed by atoms with Crippen LogP contribution in [0.5, 0.6) is 0 Å². The lowest BCUT2D eigenvalue weighted by Gasteiger charge is -2.23. The fourth-order valence-electron chi connectivity index (χ4n) is 5.03. The molecule has 2 heterocycles. The van der Waals surface area contributed by atoms with Gasteiger partial charge in [-0.25, -0.2) is 9.13 Å². The van der Waals surface area contributed by atoms with Crippen molar-refractivity contribution in [2.45, 2.75) is 117 Å². The average Bonchev–Trinajstić information content (AvgIpc) is 3.02. The van der Waals surface area contributed by atoms with Crippen molar-refractivity contribution in [3.8, 4) is 11.1 Å². The Bertz CT molecular complexity index is 745. The number of hydrogen-bond acceptors (Lipinski definition) is 0. The van der Waals surface area contributed by atoms with Crippen LogP contribution in [0.2, 0.25) is 0 Å². The Labute approximate surface area is 185 Å². The predicted molar refractivity (Wildman–Crippen MR) is 127 cm³/mol. The van der Waals surface area contributed by atoms with Gasteiger partial charge in [0.05, 0.1) is 0 Å². The number of aryl methyl sites for hydroxylation is 2. The van der Waals surface area contributed by atoms with E-state index >= 15 is 0 Å². The molecule has 0 N–H and O–H groups in total. The molecule has 0 radical (unpaired) electrons. The van der Waals surface area contributed by atoms with E-state index in [1.165, 1.54) is 86.5 Å². The van der Waals surface area contributed by atoms with E-state index in [2.05, 4.69) is 73.7 Å². The first kappa shape index (κ1) is 23.0. The van der Waals surface area contributed by atoms with E-state index < -0.39 is 0 Å². The summed E-state index contributed by atoms with van der Waals surface area (Å²) in [4.78, 5) is 0. The number of fused-ring (bicyclic) bond motifs is 3. The Balaban J connectivity index is 1.73. The van der Waals surface area contributed by atoms with Crippen molar-refractivity contribution >= 4 is 0 Å². The van der Waals surface area contributed by atoms with E-state index in [1.807, 2.05) is 0 Å². The van der Waals surface area contributed by atoms with Crippen LogP contribution < -0.4 is 9.13 Å². The summed E-state index contributed by atoms with van der Waals surface area (Å²) in [6, 6.07) is 4.74. The number of aromatic nitrogens is 2. The molecule has 1 aliphatic carbocycles. The zero-order valence-electron chi connectivity index (χ0n) is 20.1. The minimum absolute atomic E-state index is 0.126. The van der Waals surface area contributed by atoms with Crippen LogP contribution in [0.15, 0.2) is 36.9 Å². The molecule has 0 saturated carbocycles. The molecule has 0 fully saturated rings. The third-order valence-electron chi connectivity index (χ3n) is 7.26. The van der Waals surface area contributed by atoms with E-state index in [0.717, 1.165) is 19.5 Å². The SMILES string of the molecule is CCCCCCC[n+]1ccc2c(c1)C(C)(CC)c1c[n+](CCCCCCC)ccc1-2. The Morgan fingerprint density at radius 3 is 1.47 bits per heavy atom. The largest absolute Gasteiger partial charge is 0.205 e. The van der Waals surface area contributed by atoms with Gasteiger partial charge in [-0.1, -0.05) is 66.2 Å². The molecule has 0 amide bonds. The second-order valence-corrected chi connectivity index (χ2v) is 9.53. The fourth-order valence-corrected chi connectivity index (χ4v) is 5.03. The zero-order chi connectivity index (χ0) is 21.4. The van der Waals surface area contributed by atoms with E-state index in [1.54, 1.807) is 0 Å². The van der Waals surface area contributed by atoms with Crippen LogP contribution in [0.3, 0.4) is 0 Å². The maximum atomic E-state index is 2.45. The lowest BCUT2D eigenvalue weighted by Crippen LogP contribution is -2.37. The van der Waals surface area contributed by atoms with E-state index in [-0.39, 0.29) is 5.41 Å².